The summed E-state index contributed by atoms with van der Waals surface area (Å²) >= 11 is 0. The van der Waals surface area contributed by atoms with Gasteiger partial charge in [0, 0.05) is 24.1 Å². The quantitative estimate of drug-likeness (QED) is 0.861. The van der Waals surface area contributed by atoms with Crippen LogP contribution in [0.1, 0.15) is 37.1 Å². The summed E-state index contributed by atoms with van der Waals surface area (Å²) < 4.78 is 41.7. The fraction of sp³-hybridized carbons (Fsp3) is 0.438. The summed E-state index contributed by atoms with van der Waals surface area (Å²) in [6.45, 7) is 0.527. The molecule has 0 bridgehead atoms. The third-order valence-electron chi connectivity index (χ3n) is 4.73. The standard InChI is InChI=1S/C16H14F3N3O2/c17-16(18,19)14-20-13(21-24-14)11-3-1-10(2-4-11)9-22-12(23)5-6-15(22)7-8-15/h1-4H,5-9H2. The monoisotopic (exact) mass is 337 g/mol. The Morgan fingerprint density at radius 3 is 2.46 bits per heavy atom. The van der Waals surface area contributed by atoms with Crippen LogP contribution >= 0.6 is 0 Å². The Bertz CT molecular complexity index is 779. The van der Waals surface area contributed by atoms with E-state index in [9.17, 15) is 18.0 Å². The summed E-state index contributed by atoms with van der Waals surface area (Å²) in [5.74, 6) is -1.30. The Labute approximate surface area is 135 Å². The third kappa shape index (κ3) is 2.55. The molecule has 0 radical (unpaired) electrons. The Morgan fingerprint density at radius 2 is 1.88 bits per heavy atom. The zero-order valence-electron chi connectivity index (χ0n) is 12.6. The number of alkyl halides is 3. The second-order valence-corrected chi connectivity index (χ2v) is 6.32. The van der Waals surface area contributed by atoms with Crippen LogP contribution in [-0.4, -0.2) is 26.5 Å². The smallest absolute Gasteiger partial charge is 0.333 e. The van der Waals surface area contributed by atoms with E-state index >= 15 is 0 Å². The summed E-state index contributed by atoms with van der Waals surface area (Å²) in [4.78, 5) is 17.3. The van der Waals surface area contributed by atoms with Gasteiger partial charge in [-0.15, -0.1) is 0 Å². The first-order valence-electron chi connectivity index (χ1n) is 7.68. The van der Waals surface area contributed by atoms with E-state index in [1.807, 2.05) is 4.90 Å². The van der Waals surface area contributed by atoms with Crippen LogP contribution in [0.3, 0.4) is 0 Å². The van der Waals surface area contributed by atoms with E-state index in [1.54, 1.807) is 24.3 Å². The average molecular weight is 337 g/mol. The van der Waals surface area contributed by atoms with E-state index in [1.165, 1.54) is 0 Å². The van der Waals surface area contributed by atoms with Gasteiger partial charge in [0.15, 0.2) is 0 Å². The molecule has 0 unspecified atom stereocenters. The fourth-order valence-corrected chi connectivity index (χ4v) is 3.19. The number of aromatic nitrogens is 2. The fourth-order valence-electron chi connectivity index (χ4n) is 3.19. The highest BCUT2D eigenvalue weighted by Crippen LogP contribution is 2.50. The van der Waals surface area contributed by atoms with Crippen molar-refractivity contribution in [2.75, 3.05) is 0 Å². The number of benzene rings is 1. The predicted molar refractivity (Wildman–Crippen MR) is 76.5 cm³/mol. The number of rotatable bonds is 3. The topological polar surface area (TPSA) is 59.2 Å². The molecule has 8 heteroatoms. The van der Waals surface area contributed by atoms with Crippen molar-refractivity contribution >= 4 is 5.91 Å². The van der Waals surface area contributed by atoms with Crippen molar-refractivity contribution in [2.24, 2.45) is 0 Å². The minimum atomic E-state index is -4.65. The molecule has 1 aliphatic heterocycles. The van der Waals surface area contributed by atoms with Crippen molar-refractivity contribution in [3.63, 3.8) is 0 Å². The molecule has 1 aromatic carbocycles. The Hall–Kier alpha value is -2.38. The van der Waals surface area contributed by atoms with Gasteiger partial charge in [-0.25, -0.2) is 0 Å². The maximum atomic E-state index is 12.5. The molecule has 24 heavy (non-hydrogen) atoms. The van der Waals surface area contributed by atoms with Gasteiger partial charge in [0.25, 0.3) is 0 Å². The van der Waals surface area contributed by atoms with Gasteiger partial charge in [-0.1, -0.05) is 29.4 Å². The molecule has 2 aliphatic rings. The van der Waals surface area contributed by atoms with E-state index in [2.05, 4.69) is 14.7 Å². The lowest BCUT2D eigenvalue weighted by molar-refractivity contribution is -0.159. The number of carbonyl (C=O) groups is 1. The number of hydrogen-bond donors (Lipinski definition) is 0. The Balaban J connectivity index is 1.51. The van der Waals surface area contributed by atoms with Crippen LogP contribution < -0.4 is 0 Å². The van der Waals surface area contributed by atoms with Crippen molar-refractivity contribution in [2.45, 2.75) is 43.9 Å². The summed E-state index contributed by atoms with van der Waals surface area (Å²) in [6.07, 6.45) is -1.02. The van der Waals surface area contributed by atoms with Crippen molar-refractivity contribution < 1.29 is 22.5 Å². The summed E-state index contributed by atoms with van der Waals surface area (Å²) in [6, 6.07) is 6.84. The molecule has 5 nitrogen and oxygen atoms in total. The van der Waals surface area contributed by atoms with Gasteiger partial charge < -0.3 is 9.42 Å². The predicted octanol–water partition coefficient (Wildman–Crippen LogP) is 3.41. The van der Waals surface area contributed by atoms with Crippen LogP contribution in [0.15, 0.2) is 28.8 Å². The Kier molecular flexibility index (Phi) is 3.20. The highest BCUT2D eigenvalue weighted by molar-refractivity contribution is 5.80. The summed E-state index contributed by atoms with van der Waals surface area (Å²) in [5.41, 5.74) is 1.43. The van der Waals surface area contributed by atoms with Crippen LogP contribution in [0, 0.1) is 0 Å². The molecule has 126 valence electrons. The molecular formula is C16H14F3N3O2. The number of halogens is 3. The van der Waals surface area contributed by atoms with Crippen LogP contribution in [0.4, 0.5) is 13.2 Å². The van der Waals surface area contributed by atoms with Gasteiger partial charge >= 0.3 is 12.1 Å². The molecule has 1 saturated carbocycles. The number of hydrogen-bond acceptors (Lipinski definition) is 4. The van der Waals surface area contributed by atoms with E-state index in [0.29, 0.717) is 18.5 Å². The molecule has 1 spiro atoms. The first-order chi connectivity index (χ1) is 11.4. The lowest BCUT2D eigenvalue weighted by Gasteiger charge is -2.24. The molecule has 2 fully saturated rings. The molecule has 1 aromatic heterocycles. The van der Waals surface area contributed by atoms with Gasteiger partial charge in [0.1, 0.15) is 0 Å². The average Bonchev–Trinajstić information content (AvgIpc) is 3.02. The number of likely N-dealkylation sites (tertiary alicyclic amines) is 1. The maximum Gasteiger partial charge on any atom is 0.471 e. The molecule has 0 atom stereocenters. The van der Waals surface area contributed by atoms with Crippen LogP contribution in [-0.2, 0) is 17.5 Å². The van der Waals surface area contributed by atoms with Crippen molar-refractivity contribution in [1.29, 1.82) is 0 Å². The minimum absolute atomic E-state index is 0.0605. The van der Waals surface area contributed by atoms with Crippen molar-refractivity contribution in [3.8, 4) is 11.4 Å². The van der Waals surface area contributed by atoms with E-state index in [0.717, 1.165) is 24.8 Å². The highest BCUT2D eigenvalue weighted by Gasteiger charge is 2.53. The number of nitrogens with zero attached hydrogens (tertiary/aromatic N) is 3. The lowest BCUT2D eigenvalue weighted by Crippen LogP contribution is -2.33. The SMILES string of the molecule is O=C1CCC2(CC2)N1Cc1ccc(-c2noc(C(F)(F)F)n2)cc1. The van der Waals surface area contributed by atoms with Crippen molar-refractivity contribution in [3.05, 3.63) is 35.7 Å². The second-order valence-electron chi connectivity index (χ2n) is 6.32. The molecule has 4 rings (SSSR count). The van der Waals surface area contributed by atoms with Crippen LogP contribution in [0.2, 0.25) is 0 Å². The molecule has 1 saturated heterocycles. The second kappa shape index (κ2) is 5.06. The number of carbonyl (C=O) groups excluding carboxylic acids is 1. The molecule has 0 N–H and O–H groups in total. The third-order valence-corrected chi connectivity index (χ3v) is 4.73. The van der Waals surface area contributed by atoms with Gasteiger partial charge in [-0.2, -0.15) is 18.2 Å². The zero-order chi connectivity index (χ0) is 16.9. The van der Waals surface area contributed by atoms with Gasteiger partial charge in [-0.05, 0) is 24.8 Å². The van der Waals surface area contributed by atoms with Gasteiger partial charge in [-0.3, -0.25) is 4.79 Å². The summed E-state index contributed by atoms with van der Waals surface area (Å²) in [5, 5.41) is 3.36. The Morgan fingerprint density at radius 1 is 1.17 bits per heavy atom. The van der Waals surface area contributed by atoms with Gasteiger partial charge in [0.2, 0.25) is 11.7 Å². The highest BCUT2D eigenvalue weighted by atomic mass is 19.4. The maximum absolute atomic E-state index is 12.5. The normalized spacial score (nSPS) is 19.3. The zero-order valence-corrected chi connectivity index (χ0v) is 12.6. The number of amides is 1. The van der Waals surface area contributed by atoms with E-state index in [4.69, 9.17) is 0 Å². The molecule has 1 amide bonds. The molecule has 2 aromatic rings. The lowest BCUT2D eigenvalue weighted by atomic mass is 10.1. The van der Waals surface area contributed by atoms with Crippen molar-refractivity contribution in [1.82, 2.24) is 15.0 Å². The van der Waals surface area contributed by atoms with Crippen LogP contribution in [0.25, 0.3) is 11.4 Å². The largest absolute Gasteiger partial charge is 0.471 e. The van der Waals surface area contributed by atoms with E-state index in [-0.39, 0.29) is 17.3 Å². The van der Waals surface area contributed by atoms with E-state index < -0.39 is 12.1 Å². The van der Waals surface area contributed by atoms with Crippen LogP contribution in [0.5, 0.6) is 0 Å². The first kappa shape index (κ1) is 15.2. The minimum Gasteiger partial charge on any atom is -0.333 e. The molecule has 1 aliphatic carbocycles. The molecule has 2 heterocycles. The summed E-state index contributed by atoms with van der Waals surface area (Å²) in [7, 11) is 0. The first-order valence-corrected chi connectivity index (χ1v) is 7.68. The van der Waals surface area contributed by atoms with Gasteiger partial charge in [0.05, 0.1) is 0 Å². The molecular weight excluding hydrogens is 323 g/mol.